The fourth-order valence-corrected chi connectivity index (χ4v) is 4.06. The number of hydrogen-bond donors (Lipinski definition) is 0. The molecule has 0 spiro atoms. The van der Waals surface area contributed by atoms with Crippen molar-refractivity contribution >= 4 is 0 Å². The van der Waals surface area contributed by atoms with Gasteiger partial charge in [-0.1, -0.05) is 62.4 Å². The Balaban J connectivity index is 1.47. The highest BCUT2D eigenvalue weighted by Crippen LogP contribution is 2.38. The highest BCUT2D eigenvalue weighted by Gasteiger charge is 2.32. The smallest absolute Gasteiger partial charge is 0.183 e. The summed E-state index contributed by atoms with van der Waals surface area (Å²) >= 11 is 0. The van der Waals surface area contributed by atoms with Gasteiger partial charge in [0.1, 0.15) is 0 Å². The lowest BCUT2D eigenvalue weighted by atomic mass is 9.75. The summed E-state index contributed by atoms with van der Waals surface area (Å²) < 4.78 is 12.0. The molecule has 2 heteroatoms. The summed E-state index contributed by atoms with van der Waals surface area (Å²) in [4.78, 5) is 0. The molecular weight excluding hydrogens is 272 g/mol. The third kappa shape index (κ3) is 3.91. The number of benzene rings is 1. The molecule has 0 atom stereocenters. The molecule has 1 heterocycles. The lowest BCUT2D eigenvalue weighted by Crippen LogP contribution is -2.34. The van der Waals surface area contributed by atoms with Crippen LogP contribution in [0.15, 0.2) is 24.3 Å². The lowest BCUT2D eigenvalue weighted by Gasteiger charge is -2.37. The van der Waals surface area contributed by atoms with E-state index in [1.54, 1.807) is 0 Å². The molecule has 1 saturated heterocycles. The number of ether oxygens (including phenoxy) is 2. The summed E-state index contributed by atoms with van der Waals surface area (Å²) in [7, 11) is 0. The SMILES string of the molecule is CCC[C@H]1CC[C@H](C2COC(c3ccc(C)cc3)OC2)CC1. The van der Waals surface area contributed by atoms with Gasteiger partial charge in [-0.3, -0.25) is 0 Å². The van der Waals surface area contributed by atoms with E-state index in [0.717, 1.165) is 30.6 Å². The molecule has 0 bridgehead atoms. The van der Waals surface area contributed by atoms with E-state index in [4.69, 9.17) is 9.47 Å². The summed E-state index contributed by atoms with van der Waals surface area (Å²) in [6.07, 6.45) is 8.16. The van der Waals surface area contributed by atoms with Crippen LogP contribution >= 0.6 is 0 Å². The molecule has 1 aromatic rings. The fourth-order valence-electron chi connectivity index (χ4n) is 4.06. The first-order chi connectivity index (χ1) is 10.8. The van der Waals surface area contributed by atoms with E-state index in [0.29, 0.717) is 5.92 Å². The maximum Gasteiger partial charge on any atom is 0.183 e. The van der Waals surface area contributed by atoms with Crippen LogP contribution in [0.3, 0.4) is 0 Å². The molecule has 1 aromatic carbocycles. The Bertz CT molecular complexity index is 437. The lowest BCUT2D eigenvalue weighted by molar-refractivity contribution is -0.214. The Morgan fingerprint density at radius 3 is 2.14 bits per heavy atom. The van der Waals surface area contributed by atoms with Gasteiger partial charge >= 0.3 is 0 Å². The van der Waals surface area contributed by atoms with Crippen LogP contribution in [0.25, 0.3) is 0 Å². The minimum Gasteiger partial charge on any atom is -0.348 e. The monoisotopic (exact) mass is 302 g/mol. The summed E-state index contributed by atoms with van der Waals surface area (Å²) in [6.45, 7) is 6.14. The molecular formula is C20H30O2. The van der Waals surface area contributed by atoms with Crippen LogP contribution in [0.1, 0.15) is 62.9 Å². The molecule has 2 nitrogen and oxygen atoms in total. The molecule has 3 rings (SSSR count). The Hall–Kier alpha value is -0.860. The van der Waals surface area contributed by atoms with Crippen molar-refractivity contribution in [3.8, 4) is 0 Å². The normalized spacial score (nSPS) is 32.8. The van der Waals surface area contributed by atoms with Crippen LogP contribution < -0.4 is 0 Å². The molecule has 0 N–H and O–H groups in total. The van der Waals surface area contributed by atoms with Crippen molar-refractivity contribution in [1.29, 1.82) is 0 Å². The Labute approximate surface area is 135 Å². The first-order valence-corrected chi connectivity index (χ1v) is 9.06. The zero-order valence-corrected chi connectivity index (χ0v) is 14.1. The van der Waals surface area contributed by atoms with Gasteiger partial charge in [0.2, 0.25) is 0 Å². The largest absolute Gasteiger partial charge is 0.348 e. The van der Waals surface area contributed by atoms with Crippen LogP contribution in [0.4, 0.5) is 0 Å². The Morgan fingerprint density at radius 1 is 0.909 bits per heavy atom. The molecule has 2 fully saturated rings. The van der Waals surface area contributed by atoms with E-state index in [-0.39, 0.29) is 6.29 Å². The zero-order valence-electron chi connectivity index (χ0n) is 14.1. The quantitative estimate of drug-likeness (QED) is 0.755. The molecule has 1 saturated carbocycles. The van der Waals surface area contributed by atoms with Gasteiger partial charge < -0.3 is 9.47 Å². The third-order valence-corrected chi connectivity index (χ3v) is 5.53. The molecule has 1 aliphatic carbocycles. The maximum absolute atomic E-state index is 6.02. The van der Waals surface area contributed by atoms with Gasteiger partial charge in [-0.25, -0.2) is 0 Å². The number of aryl methyl sites for hydroxylation is 1. The molecule has 122 valence electrons. The van der Waals surface area contributed by atoms with Gasteiger partial charge in [0.15, 0.2) is 6.29 Å². The van der Waals surface area contributed by atoms with E-state index in [1.165, 1.54) is 44.1 Å². The first kappa shape index (κ1) is 16.0. The van der Waals surface area contributed by atoms with Crippen LogP contribution in [-0.2, 0) is 9.47 Å². The van der Waals surface area contributed by atoms with E-state index < -0.39 is 0 Å². The highest BCUT2D eigenvalue weighted by atomic mass is 16.7. The molecule has 2 aliphatic rings. The zero-order chi connectivity index (χ0) is 15.4. The van der Waals surface area contributed by atoms with Gasteiger partial charge in [-0.15, -0.1) is 0 Å². The first-order valence-electron chi connectivity index (χ1n) is 9.06. The molecule has 0 aromatic heterocycles. The average Bonchev–Trinajstić information content (AvgIpc) is 2.57. The second-order valence-electron chi connectivity index (χ2n) is 7.24. The van der Waals surface area contributed by atoms with E-state index >= 15 is 0 Å². The summed E-state index contributed by atoms with van der Waals surface area (Å²) in [6, 6.07) is 8.50. The van der Waals surface area contributed by atoms with Crippen molar-refractivity contribution in [2.75, 3.05) is 13.2 Å². The Kier molecular flexibility index (Phi) is 5.54. The molecule has 22 heavy (non-hydrogen) atoms. The van der Waals surface area contributed by atoms with Crippen molar-refractivity contribution in [3.63, 3.8) is 0 Å². The summed E-state index contributed by atoms with van der Waals surface area (Å²) in [5, 5.41) is 0. The van der Waals surface area contributed by atoms with Crippen LogP contribution in [0, 0.1) is 24.7 Å². The molecule has 0 amide bonds. The third-order valence-electron chi connectivity index (χ3n) is 5.53. The van der Waals surface area contributed by atoms with Gasteiger partial charge in [0.05, 0.1) is 13.2 Å². The van der Waals surface area contributed by atoms with Crippen molar-refractivity contribution in [3.05, 3.63) is 35.4 Å². The van der Waals surface area contributed by atoms with Crippen molar-refractivity contribution < 1.29 is 9.47 Å². The summed E-state index contributed by atoms with van der Waals surface area (Å²) in [5.41, 5.74) is 2.43. The number of rotatable bonds is 4. The van der Waals surface area contributed by atoms with Crippen LogP contribution in [0.5, 0.6) is 0 Å². The van der Waals surface area contributed by atoms with Crippen LogP contribution in [-0.4, -0.2) is 13.2 Å². The second kappa shape index (κ2) is 7.61. The van der Waals surface area contributed by atoms with Gasteiger partial charge in [0.25, 0.3) is 0 Å². The van der Waals surface area contributed by atoms with Crippen LogP contribution in [0.2, 0.25) is 0 Å². The minimum atomic E-state index is -0.159. The van der Waals surface area contributed by atoms with E-state index in [2.05, 4.69) is 38.1 Å². The number of hydrogen-bond acceptors (Lipinski definition) is 2. The molecule has 0 unspecified atom stereocenters. The predicted molar refractivity (Wildman–Crippen MR) is 89.7 cm³/mol. The summed E-state index contributed by atoms with van der Waals surface area (Å²) in [5.74, 6) is 2.39. The van der Waals surface area contributed by atoms with Crippen molar-refractivity contribution in [1.82, 2.24) is 0 Å². The minimum absolute atomic E-state index is 0.159. The maximum atomic E-state index is 6.02. The van der Waals surface area contributed by atoms with E-state index in [9.17, 15) is 0 Å². The highest BCUT2D eigenvalue weighted by molar-refractivity contribution is 5.22. The average molecular weight is 302 g/mol. The Morgan fingerprint density at radius 2 is 1.55 bits per heavy atom. The fraction of sp³-hybridized carbons (Fsp3) is 0.700. The molecule has 0 radical (unpaired) electrons. The molecule has 1 aliphatic heterocycles. The topological polar surface area (TPSA) is 18.5 Å². The second-order valence-corrected chi connectivity index (χ2v) is 7.24. The van der Waals surface area contributed by atoms with Gasteiger partial charge in [-0.05, 0) is 31.6 Å². The van der Waals surface area contributed by atoms with Gasteiger partial charge in [0, 0.05) is 11.5 Å². The van der Waals surface area contributed by atoms with E-state index in [1.807, 2.05) is 0 Å². The van der Waals surface area contributed by atoms with Gasteiger partial charge in [-0.2, -0.15) is 0 Å². The van der Waals surface area contributed by atoms with Crippen molar-refractivity contribution in [2.24, 2.45) is 17.8 Å². The predicted octanol–water partition coefficient (Wildman–Crippen LogP) is 5.26. The standard InChI is InChI=1S/C20H30O2/c1-3-4-16-7-11-17(12-8-16)19-13-21-20(22-14-19)18-9-5-15(2)6-10-18/h5-6,9-10,16-17,19-20H,3-4,7-8,11-14H2,1-2H3/t16-,17-,19?,20?. The van der Waals surface area contributed by atoms with Crippen molar-refractivity contribution in [2.45, 2.75) is 58.7 Å².